The first-order valence-electron chi connectivity index (χ1n) is 25.3. The molecular formula is C48H82N16O14. The third-order valence-electron chi connectivity index (χ3n) is 11.7. The lowest BCUT2D eigenvalue weighted by molar-refractivity contribution is -0.143. The summed E-state index contributed by atoms with van der Waals surface area (Å²) in [7, 11) is 0. The number of aliphatic hydroxyl groups excluding tert-OH is 2. The summed E-state index contributed by atoms with van der Waals surface area (Å²) >= 11 is 0. The fraction of sp³-hybridized carbons (Fsp3) is 0.625. The number of hydrogen-bond acceptors (Lipinski definition) is 16. The Balaban J connectivity index is 3.57. The number of primary amides is 1. The summed E-state index contributed by atoms with van der Waals surface area (Å²) < 4.78 is 0. The first kappa shape index (κ1) is 68.2. The number of nitrogens with two attached hydrogens (primary N) is 6. The number of benzene rings is 1. The monoisotopic (exact) mass is 1110 g/mol. The molecule has 1 aromatic rings. The van der Waals surface area contributed by atoms with Crippen molar-refractivity contribution in [1.82, 2.24) is 42.5 Å². The van der Waals surface area contributed by atoms with Gasteiger partial charge in [0.05, 0.1) is 12.2 Å². The Hall–Kier alpha value is -7.86. The van der Waals surface area contributed by atoms with Crippen molar-refractivity contribution in [1.29, 1.82) is 0 Å². The standard InChI is InChI=1S/C48H82N16O14/c1-22(2)20-32(43(74)63-36(23(3)4)46(77)78)61-38(69)24(5)57-39(70)29(10-8-18-55-47(51)52)60-45(76)37(26(7)66)64-41(72)30(11-9-19-56-48(53)54)58-40(71)31(16-17-34(49)68)59-42(73)33(62-44(75)35(50)25(6)65)21-27-12-14-28(67)15-13-27/h12-15,22-26,29-33,35-37,65-67H,8-11,16-21,50H2,1-7H3,(H2,49,68)(H,57,70)(H,58,71)(H,59,73)(H,60,76)(H,61,69)(H,62,75)(H,63,74)(H,64,72)(H,77,78)(H4,51,52,55)(H4,53,54,56)/t24-,25+,26+,29-,30-,31-,32-,33-,35-,36-,37-/m0/s1. The SMILES string of the molecule is CC(C)C[C@H](NC(=O)[C@H](C)NC(=O)[C@H](CCCN=C(N)N)NC(=O)[C@@H](NC(=O)[C@H](CCCN=C(N)N)NC(=O)[C@H](CCC(N)=O)NC(=O)[C@H](Cc1ccc(O)cc1)NC(=O)[C@@H](N)[C@@H](C)O)[C@@H](C)O)C(=O)N[C@H](C(=O)O)C(C)C. The van der Waals surface area contributed by atoms with Gasteiger partial charge in [-0.3, -0.25) is 53.1 Å². The van der Waals surface area contributed by atoms with Crippen molar-refractivity contribution in [2.24, 2.45) is 56.2 Å². The highest BCUT2D eigenvalue weighted by Crippen LogP contribution is 2.14. The number of carbonyl (C=O) groups is 10. The number of aromatic hydroxyl groups is 1. The van der Waals surface area contributed by atoms with Gasteiger partial charge in [0.15, 0.2) is 11.9 Å². The van der Waals surface area contributed by atoms with Crippen molar-refractivity contribution in [3.8, 4) is 5.75 Å². The summed E-state index contributed by atoms with van der Waals surface area (Å²) in [5.41, 5.74) is 33.5. The molecule has 0 radical (unpaired) electrons. The van der Waals surface area contributed by atoms with Crippen molar-refractivity contribution < 1.29 is 68.4 Å². The van der Waals surface area contributed by atoms with E-state index in [1.807, 2.05) is 0 Å². The van der Waals surface area contributed by atoms with E-state index in [-0.39, 0.29) is 75.2 Å². The molecule has 0 heterocycles. The lowest BCUT2D eigenvalue weighted by Gasteiger charge is -2.29. The number of carboxylic acids is 1. The Morgan fingerprint density at radius 3 is 1.38 bits per heavy atom. The number of hydrogen-bond donors (Lipinski definition) is 18. The molecule has 1 rings (SSSR count). The van der Waals surface area contributed by atoms with Crippen LogP contribution in [0.2, 0.25) is 0 Å². The first-order chi connectivity index (χ1) is 36.3. The lowest BCUT2D eigenvalue weighted by atomic mass is 10.00. The third-order valence-corrected chi connectivity index (χ3v) is 11.7. The molecule has 11 atom stereocenters. The molecule has 9 amide bonds. The Morgan fingerprint density at radius 1 is 0.513 bits per heavy atom. The fourth-order valence-electron chi connectivity index (χ4n) is 7.28. The average Bonchev–Trinajstić information content (AvgIpc) is 3.34. The third kappa shape index (κ3) is 25.8. The molecule has 24 N–H and O–H groups in total. The van der Waals surface area contributed by atoms with Crippen molar-refractivity contribution in [2.75, 3.05) is 13.1 Å². The molecule has 0 saturated heterocycles. The fourth-order valence-corrected chi connectivity index (χ4v) is 7.28. The number of guanidine groups is 2. The number of phenols is 1. The number of aliphatic imine (C=N–C) groups is 2. The van der Waals surface area contributed by atoms with Gasteiger partial charge in [-0.05, 0) is 88.8 Å². The average molecular weight is 1110 g/mol. The highest BCUT2D eigenvalue weighted by Gasteiger charge is 2.36. The Labute approximate surface area is 452 Å². The minimum atomic E-state index is -1.85. The molecule has 1 aromatic carbocycles. The maximum Gasteiger partial charge on any atom is 0.326 e. The molecule has 0 aliphatic rings. The Morgan fingerprint density at radius 2 is 0.936 bits per heavy atom. The zero-order valence-electron chi connectivity index (χ0n) is 45.1. The second-order valence-corrected chi connectivity index (χ2v) is 19.5. The predicted molar refractivity (Wildman–Crippen MR) is 284 cm³/mol. The number of nitrogens with one attached hydrogen (secondary N) is 8. The molecule has 0 unspecified atom stereocenters. The number of nitrogens with zero attached hydrogens (tertiary/aromatic N) is 2. The molecule has 0 spiro atoms. The lowest BCUT2D eigenvalue weighted by Crippen LogP contribution is -2.62. The van der Waals surface area contributed by atoms with Gasteiger partial charge in [0, 0.05) is 25.9 Å². The highest BCUT2D eigenvalue weighted by molar-refractivity contribution is 5.98. The van der Waals surface area contributed by atoms with Crippen molar-refractivity contribution in [2.45, 2.75) is 166 Å². The molecular weight excluding hydrogens is 1020 g/mol. The van der Waals surface area contributed by atoms with Crippen molar-refractivity contribution in [3.05, 3.63) is 29.8 Å². The largest absolute Gasteiger partial charge is 0.508 e. The quantitative estimate of drug-likeness (QED) is 0.0171. The van der Waals surface area contributed by atoms with Gasteiger partial charge in [-0.15, -0.1) is 0 Å². The summed E-state index contributed by atoms with van der Waals surface area (Å²) in [6, 6.07) is -7.79. The van der Waals surface area contributed by atoms with E-state index in [0.717, 1.165) is 6.92 Å². The number of carbonyl (C=O) groups excluding carboxylic acids is 9. The second kappa shape index (κ2) is 34.0. The zero-order valence-corrected chi connectivity index (χ0v) is 45.1. The predicted octanol–water partition coefficient (Wildman–Crippen LogP) is -5.92. The van der Waals surface area contributed by atoms with Crippen LogP contribution in [0.5, 0.6) is 5.75 Å². The molecule has 438 valence electrons. The van der Waals surface area contributed by atoms with Gasteiger partial charge in [-0.1, -0.05) is 39.8 Å². The van der Waals surface area contributed by atoms with Gasteiger partial charge in [0.25, 0.3) is 0 Å². The number of carboxylic acid groups (broad SMARTS) is 1. The summed E-state index contributed by atoms with van der Waals surface area (Å²) in [4.78, 5) is 141. The second-order valence-electron chi connectivity index (χ2n) is 19.5. The number of aliphatic hydroxyl groups is 2. The zero-order chi connectivity index (χ0) is 59.6. The molecule has 30 nitrogen and oxygen atoms in total. The topological polar surface area (TPSA) is 529 Å². The first-order valence-corrected chi connectivity index (χ1v) is 25.3. The molecule has 0 aromatic heterocycles. The molecule has 0 aliphatic heterocycles. The van der Waals surface area contributed by atoms with Crippen LogP contribution in [0.3, 0.4) is 0 Å². The van der Waals surface area contributed by atoms with E-state index in [2.05, 4.69) is 52.5 Å². The van der Waals surface area contributed by atoms with Crippen LogP contribution in [0.1, 0.15) is 99.0 Å². The van der Waals surface area contributed by atoms with Crippen LogP contribution >= 0.6 is 0 Å². The molecule has 0 aliphatic carbocycles. The minimum absolute atomic E-state index is 0.0118. The maximum absolute atomic E-state index is 14.2. The van der Waals surface area contributed by atoms with Crippen LogP contribution in [-0.4, -0.2) is 171 Å². The van der Waals surface area contributed by atoms with Crippen molar-refractivity contribution in [3.63, 3.8) is 0 Å². The van der Waals surface area contributed by atoms with E-state index >= 15 is 0 Å². The van der Waals surface area contributed by atoms with Crippen molar-refractivity contribution >= 4 is 71.1 Å². The van der Waals surface area contributed by atoms with Crippen LogP contribution in [0.25, 0.3) is 0 Å². The molecule has 0 fully saturated rings. The van der Waals surface area contributed by atoms with Crippen LogP contribution in [-0.2, 0) is 54.4 Å². The number of amides is 9. The van der Waals surface area contributed by atoms with E-state index in [4.69, 9.17) is 34.4 Å². The van der Waals surface area contributed by atoms with Crippen LogP contribution in [0.15, 0.2) is 34.3 Å². The summed E-state index contributed by atoms with van der Waals surface area (Å²) in [5, 5.41) is 59.9. The molecule has 0 saturated carbocycles. The van der Waals surface area contributed by atoms with Crippen LogP contribution in [0.4, 0.5) is 0 Å². The van der Waals surface area contributed by atoms with Gasteiger partial charge in [0.1, 0.15) is 60.1 Å². The van der Waals surface area contributed by atoms with E-state index in [1.165, 1.54) is 38.1 Å². The normalized spacial score (nSPS) is 15.3. The summed E-state index contributed by atoms with van der Waals surface area (Å²) in [6.45, 7) is 10.3. The number of aliphatic carboxylic acids is 1. The van der Waals surface area contributed by atoms with Gasteiger partial charge in [-0.25, -0.2) is 4.79 Å². The van der Waals surface area contributed by atoms with Gasteiger partial charge in [-0.2, -0.15) is 0 Å². The van der Waals surface area contributed by atoms with E-state index in [0.29, 0.717) is 5.56 Å². The molecule has 30 heteroatoms. The smallest absolute Gasteiger partial charge is 0.326 e. The van der Waals surface area contributed by atoms with E-state index < -0.39 is 144 Å². The molecule has 0 bridgehead atoms. The minimum Gasteiger partial charge on any atom is -0.508 e. The van der Waals surface area contributed by atoms with Crippen LogP contribution in [0, 0.1) is 11.8 Å². The molecule has 78 heavy (non-hydrogen) atoms. The Bertz CT molecular complexity index is 2250. The van der Waals surface area contributed by atoms with Gasteiger partial charge < -0.3 is 97.4 Å². The summed E-state index contributed by atoms with van der Waals surface area (Å²) in [5.74, 6) is -11.2. The van der Waals surface area contributed by atoms with Gasteiger partial charge in [0.2, 0.25) is 53.2 Å². The highest BCUT2D eigenvalue weighted by atomic mass is 16.4. The van der Waals surface area contributed by atoms with Crippen LogP contribution < -0.4 is 76.9 Å². The van der Waals surface area contributed by atoms with E-state index in [9.17, 15) is 68.4 Å². The van der Waals surface area contributed by atoms with E-state index in [1.54, 1.807) is 27.7 Å². The Kier molecular flexibility index (Phi) is 29.7. The number of rotatable bonds is 35. The number of phenolic OH excluding ortho intramolecular Hbond substituents is 1. The van der Waals surface area contributed by atoms with Gasteiger partial charge >= 0.3 is 5.97 Å². The summed E-state index contributed by atoms with van der Waals surface area (Å²) in [6.07, 6.45) is -4.42. The maximum atomic E-state index is 14.2.